The molecule has 1 N–H and O–H groups in total. The molecule has 0 saturated carbocycles. The molecule has 0 aliphatic heterocycles. The largest absolute Gasteiger partial charge is 0.478 e. The van der Waals surface area contributed by atoms with Crippen LogP contribution in [0, 0.1) is 0 Å². The molecular formula is C36H30F3NO5S. The summed E-state index contributed by atoms with van der Waals surface area (Å²) >= 11 is 0. The van der Waals surface area contributed by atoms with E-state index >= 15 is 0 Å². The van der Waals surface area contributed by atoms with E-state index in [1.165, 1.54) is 31.2 Å². The van der Waals surface area contributed by atoms with Gasteiger partial charge in [0.15, 0.2) is 0 Å². The fourth-order valence-corrected chi connectivity index (χ4v) is 6.45. The quantitative estimate of drug-likeness (QED) is 0.157. The van der Waals surface area contributed by atoms with Crippen LogP contribution in [0.1, 0.15) is 23.6 Å². The number of anilines is 1. The third-order valence-corrected chi connectivity index (χ3v) is 9.21. The Hall–Kier alpha value is -5.09. The monoisotopic (exact) mass is 645 g/mol. The van der Waals surface area contributed by atoms with Crippen molar-refractivity contribution in [2.24, 2.45) is 0 Å². The number of carbonyl (C=O) groups is 1. The van der Waals surface area contributed by atoms with Crippen molar-refractivity contribution < 1.29 is 36.2 Å². The zero-order chi connectivity index (χ0) is 33.0. The lowest BCUT2D eigenvalue weighted by Crippen LogP contribution is -2.43. The number of rotatable bonds is 11. The minimum Gasteiger partial charge on any atom is -0.478 e. The van der Waals surface area contributed by atoms with Crippen molar-refractivity contribution in [1.29, 1.82) is 0 Å². The number of nitrogens with zero attached hydrogens (tertiary/aromatic N) is 1. The van der Waals surface area contributed by atoms with E-state index in [1.54, 1.807) is 36.4 Å². The summed E-state index contributed by atoms with van der Waals surface area (Å²) in [5, 5.41) is 9.97. The minimum absolute atomic E-state index is 0.0694. The Bertz CT molecular complexity index is 1900. The number of carboxylic acids is 1. The van der Waals surface area contributed by atoms with Crippen LogP contribution in [0.25, 0.3) is 11.1 Å². The van der Waals surface area contributed by atoms with Crippen LogP contribution in [0.3, 0.4) is 0 Å². The maximum atomic E-state index is 14.0. The molecule has 0 saturated heterocycles. The van der Waals surface area contributed by atoms with Crippen LogP contribution in [-0.2, 0) is 34.0 Å². The molecule has 0 aliphatic carbocycles. The second-order valence-corrected chi connectivity index (χ2v) is 12.8. The minimum atomic E-state index is -4.74. The lowest BCUT2D eigenvalue weighted by Gasteiger charge is -2.28. The van der Waals surface area contributed by atoms with Crippen molar-refractivity contribution in [3.05, 3.63) is 150 Å². The highest BCUT2D eigenvalue weighted by Gasteiger charge is 2.36. The first-order valence-electron chi connectivity index (χ1n) is 14.3. The van der Waals surface area contributed by atoms with Crippen LogP contribution in [0.4, 0.5) is 18.9 Å². The van der Waals surface area contributed by atoms with E-state index in [-0.39, 0.29) is 24.4 Å². The predicted molar refractivity (Wildman–Crippen MR) is 170 cm³/mol. The van der Waals surface area contributed by atoms with Gasteiger partial charge in [0, 0.05) is 6.42 Å². The van der Waals surface area contributed by atoms with Gasteiger partial charge in [-0.25, -0.2) is 13.2 Å². The SMILES string of the molecule is C[C@@](Cc1ccccc1)(Oc1ccc(N(Cc2ccc(-c3ccccc3)cc2)S(=O)(=O)c2cccc(C(F)(F)F)c2)cc1)C(=O)O. The third-order valence-electron chi connectivity index (χ3n) is 7.44. The Morgan fingerprint density at radius 3 is 1.91 bits per heavy atom. The average molecular weight is 646 g/mol. The van der Waals surface area contributed by atoms with E-state index in [1.807, 2.05) is 48.5 Å². The summed E-state index contributed by atoms with van der Waals surface area (Å²) in [6.07, 6.45) is -4.67. The smallest absolute Gasteiger partial charge is 0.416 e. The molecule has 0 aliphatic rings. The molecule has 10 heteroatoms. The number of benzene rings is 5. The number of hydrogen-bond donors (Lipinski definition) is 1. The van der Waals surface area contributed by atoms with E-state index in [2.05, 4.69) is 0 Å². The highest BCUT2D eigenvalue weighted by Crippen LogP contribution is 2.34. The van der Waals surface area contributed by atoms with E-state index in [0.717, 1.165) is 39.2 Å². The van der Waals surface area contributed by atoms with Gasteiger partial charge < -0.3 is 9.84 Å². The van der Waals surface area contributed by atoms with Crippen molar-refractivity contribution in [2.75, 3.05) is 4.31 Å². The van der Waals surface area contributed by atoms with Gasteiger partial charge in [0.25, 0.3) is 10.0 Å². The molecule has 6 nitrogen and oxygen atoms in total. The van der Waals surface area contributed by atoms with Gasteiger partial charge in [-0.1, -0.05) is 91.0 Å². The molecule has 1 atom stereocenters. The molecule has 46 heavy (non-hydrogen) atoms. The maximum absolute atomic E-state index is 14.0. The van der Waals surface area contributed by atoms with Crippen molar-refractivity contribution in [3.8, 4) is 16.9 Å². The third kappa shape index (κ3) is 7.40. The number of halogens is 3. The molecule has 0 aromatic heterocycles. The van der Waals surface area contributed by atoms with E-state index in [0.29, 0.717) is 11.6 Å². The van der Waals surface area contributed by atoms with Crippen LogP contribution in [-0.4, -0.2) is 25.1 Å². The molecular weight excluding hydrogens is 615 g/mol. The van der Waals surface area contributed by atoms with Gasteiger partial charge in [0.1, 0.15) is 5.75 Å². The van der Waals surface area contributed by atoms with E-state index in [9.17, 15) is 31.5 Å². The van der Waals surface area contributed by atoms with Crippen LogP contribution >= 0.6 is 0 Å². The first kappa shape index (κ1) is 32.3. The first-order valence-corrected chi connectivity index (χ1v) is 15.7. The van der Waals surface area contributed by atoms with Gasteiger partial charge in [0.05, 0.1) is 22.7 Å². The molecule has 0 radical (unpaired) electrons. The number of sulfonamides is 1. The average Bonchev–Trinajstić information content (AvgIpc) is 3.05. The fourth-order valence-electron chi connectivity index (χ4n) is 4.96. The predicted octanol–water partition coefficient (Wildman–Crippen LogP) is 8.23. The summed E-state index contributed by atoms with van der Waals surface area (Å²) in [5.74, 6) is -1.01. The van der Waals surface area contributed by atoms with Gasteiger partial charge in [-0.2, -0.15) is 13.2 Å². The zero-order valence-electron chi connectivity index (χ0n) is 24.7. The Balaban J connectivity index is 1.48. The number of ether oxygens (including phenoxy) is 1. The topological polar surface area (TPSA) is 83.9 Å². The highest BCUT2D eigenvalue weighted by atomic mass is 32.2. The van der Waals surface area contributed by atoms with Crippen molar-refractivity contribution >= 4 is 21.7 Å². The second kappa shape index (κ2) is 13.1. The summed E-state index contributed by atoms with van der Waals surface area (Å²) in [7, 11) is -4.50. The van der Waals surface area contributed by atoms with Gasteiger partial charge in [-0.05, 0) is 71.6 Å². The van der Waals surface area contributed by atoms with Crippen LogP contribution < -0.4 is 9.04 Å². The standard InChI is InChI=1S/C36H30F3NO5S/c1-35(34(41)42,24-26-9-4-2-5-10-26)45-32-21-19-31(20-22-32)40(46(43,44)33-14-8-13-30(23-33)36(37,38)39)25-27-15-17-29(18-16-27)28-11-6-3-7-12-28/h2-23H,24-25H2,1H3,(H,41,42)/t35-/m0/s1. The molecule has 5 aromatic rings. The molecule has 5 aromatic carbocycles. The molecule has 0 unspecified atom stereocenters. The van der Waals surface area contributed by atoms with E-state index in [4.69, 9.17) is 4.74 Å². The van der Waals surface area contributed by atoms with Gasteiger partial charge in [-0.3, -0.25) is 4.31 Å². The molecule has 0 amide bonds. The molecule has 0 fully saturated rings. The summed E-state index contributed by atoms with van der Waals surface area (Å²) in [5.41, 5.74) is 0.659. The lowest BCUT2D eigenvalue weighted by molar-refractivity contribution is -0.153. The molecule has 5 rings (SSSR count). The highest BCUT2D eigenvalue weighted by molar-refractivity contribution is 7.92. The van der Waals surface area contributed by atoms with Gasteiger partial charge in [-0.15, -0.1) is 0 Å². The molecule has 0 heterocycles. The Kier molecular flexibility index (Phi) is 9.20. The Morgan fingerprint density at radius 2 is 1.33 bits per heavy atom. The fraction of sp³-hybridized carbons (Fsp3) is 0.139. The molecule has 0 bridgehead atoms. The number of aliphatic carboxylic acids is 1. The van der Waals surface area contributed by atoms with Crippen LogP contribution in [0.5, 0.6) is 5.75 Å². The van der Waals surface area contributed by atoms with Crippen LogP contribution in [0.2, 0.25) is 0 Å². The summed E-state index contributed by atoms with van der Waals surface area (Å²) in [6, 6.07) is 35.1. The van der Waals surface area contributed by atoms with Crippen LogP contribution in [0.15, 0.2) is 138 Å². The summed E-state index contributed by atoms with van der Waals surface area (Å²) in [6.45, 7) is 1.26. The van der Waals surface area contributed by atoms with Gasteiger partial charge >= 0.3 is 12.1 Å². The summed E-state index contributed by atoms with van der Waals surface area (Å²) in [4.78, 5) is 11.7. The number of hydrogen-bond acceptors (Lipinski definition) is 4. The first-order chi connectivity index (χ1) is 21.8. The number of carboxylic acid groups (broad SMARTS) is 1. The number of alkyl halides is 3. The van der Waals surface area contributed by atoms with Crippen molar-refractivity contribution in [3.63, 3.8) is 0 Å². The normalized spacial score (nSPS) is 13.0. The second-order valence-electron chi connectivity index (χ2n) is 10.9. The Labute approximate surface area is 265 Å². The maximum Gasteiger partial charge on any atom is 0.416 e. The Morgan fingerprint density at radius 1 is 0.739 bits per heavy atom. The summed E-state index contributed by atoms with van der Waals surface area (Å²) < 4.78 is 75.4. The van der Waals surface area contributed by atoms with Crippen molar-refractivity contribution in [2.45, 2.75) is 36.6 Å². The molecule has 236 valence electrons. The zero-order valence-corrected chi connectivity index (χ0v) is 25.5. The molecule has 0 spiro atoms. The van der Waals surface area contributed by atoms with E-state index < -0.39 is 38.2 Å². The van der Waals surface area contributed by atoms with Crippen molar-refractivity contribution in [1.82, 2.24) is 0 Å². The lowest BCUT2D eigenvalue weighted by atomic mass is 9.96. The van der Waals surface area contributed by atoms with Gasteiger partial charge in [0.2, 0.25) is 5.60 Å².